The molecule has 4 heteroatoms. The van der Waals surface area contributed by atoms with Crippen molar-refractivity contribution in [1.29, 1.82) is 0 Å². The Morgan fingerprint density at radius 3 is 2.45 bits per heavy atom. The van der Waals surface area contributed by atoms with Gasteiger partial charge in [-0.2, -0.15) is 0 Å². The van der Waals surface area contributed by atoms with Crippen LogP contribution >= 0.6 is 0 Å². The largest absolute Gasteiger partial charge is 0.493 e. The van der Waals surface area contributed by atoms with Crippen molar-refractivity contribution in [3.05, 3.63) is 42.0 Å². The second kappa shape index (κ2) is 8.27. The van der Waals surface area contributed by atoms with E-state index in [0.29, 0.717) is 11.5 Å². The summed E-state index contributed by atoms with van der Waals surface area (Å²) in [5, 5.41) is 0. The lowest BCUT2D eigenvalue weighted by atomic mass is 10.1. The van der Waals surface area contributed by atoms with E-state index >= 15 is 0 Å². The molecule has 0 N–H and O–H groups in total. The van der Waals surface area contributed by atoms with Crippen LogP contribution in [-0.2, 0) is 4.79 Å². The zero-order valence-electron chi connectivity index (χ0n) is 13.2. The molecule has 0 bridgehead atoms. The van der Waals surface area contributed by atoms with E-state index in [2.05, 4.69) is 0 Å². The van der Waals surface area contributed by atoms with E-state index in [1.165, 1.54) is 6.42 Å². The molecular weight excluding hydrogens is 278 g/mol. The number of piperidine rings is 1. The number of rotatable bonds is 5. The lowest BCUT2D eigenvalue weighted by Gasteiger charge is -2.25. The molecule has 0 saturated carbocycles. The zero-order valence-corrected chi connectivity index (χ0v) is 13.2. The van der Waals surface area contributed by atoms with Crippen LogP contribution in [0.2, 0.25) is 0 Å². The third kappa shape index (κ3) is 4.38. The second-order valence-corrected chi connectivity index (χ2v) is 5.22. The molecule has 0 spiro atoms. The Hall–Kier alpha value is -2.23. The quantitative estimate of drug-likeness (QED) is 0.619. The predicted molar refractivity (Wildman–Crippen MR) is 88.2 cm³/mol. The molecule has 22 heavy (non-hydrogen) atoms. The molecule has 0 aliphatic carbocycles. The maximum Gasteiger partial charge on any atom is 0.246 e. The van der Waals surface area contributed by atoms with Crippen LogP contribution in [0.1, 0.15) is 24.8 Å². The number of nitrogens with zero attached hydrogens (tertiary/aromatic N) is 1. The Balaban J connectivity index is 1.94. The number of amides is 1. The van der Waals surface area contributed by atoms with Crippen molar-refractivity contribution in [3.63, 3.8) is 0 Å². The molecule has 1 fully saturated rings. The second-order valence-electron chi connectivity index (χ2n) is 5.22. The van der Waals surface area contributed by atoms with Crippen molar-refractivity contribution in [2.75, 3.05) is 27.3 Å². The first-order chi connectivity index (χ1) is 10.7. The minimum absolute atomic E-state index is 0.0941. The highest BCUT2D eigenvalue weighted by Crippen LogP contribution is 2.27. The van der Waals surface area contributed by atoms with Crippen molar-refractivity contribution in [3.8, 4) is 11.5 Å². The van der Waals surface area contributed by atoms with E-state index < -0.39 is 0 Å². The number of allylic oxidation sites excluding steroid dienone is 2. The minimum Gasteiger partial charge on any atom is -0.493 e. The maximum atomic E-state index is 12.0. The molecular formula is C18H23NO3. The summed E-state index contributed by atoms with van der Waals surface area (Å²) in [6.07, 6.45) is 10.7. The molecule has 1 aliphatic rings. The SMILES string of the molecule is COc1ccc(/C=C/C=C/C(=O)N2CCCCC2)cc1OC. The van der Waals surface area contributed by atoms with Crippen LogP contribution in [0.4, 0.5) is 0 Å². The molecule has 0 atom stereocenters. The number of carbonyl (C=O) groups excluding carboxylic acids is 1. The van der Waals surface area contributed by atoms with Gasteiger partial charge in [0.25, 0.3) is 0 Å². The van der Waals surface area contributed by atoms with Gasteiger partial charge in [-0.3, -0.25) is 4.79 Å². The maximum absolute atomic E-state index is 12.0. The van der Waals surface area contributed by atoms with Gasteiger partial charge in [0.2, 0.25) is 5.91 Å². The predicted octanol–water partition coefficient (Wildman–Crippen LogP) is 3.29. The van der Waals surface area contributed by atoms with Crippen molar-refractivity contribution < 1.29 is 14.3 Å². The summed E-state index contributed by atoms with van der Waals surface area (Å²) >= 11 is 0. The van der Waals surface area contributed by atoms with Crippen LogP contribution in [0, 0.1) is 0 Å². The molecule has 0 radical (unpaired) electrons. The first-order valence-electron chi connectivity index (χ1n) is 7.60. The van der Waals surface area contributed by atoms with Gasteiger partial charge in [-0.15, -0.1) is 0 Å². The summed E-state index contributed by atoms with van der Waals surface area (Å²) < 4.78 is 10.5. The van der Waals surface area contributed by atoms with Gasteiger partial charge in [-0.25, -0.2) is 0 Å². The number of carbonyl (C=O) groups is 1. The van der Waals surface area contributed by atoms with Crippen LogP contribution in [-0.4, -0.2) is 38.1 Å². The van der Waals surface area contributed by atoms with Gasteiger partial charge in [0.05, 0.1) is 14.2 Å². The molecule has 1 amide bonds. The Labute approximate surface area is 132 Å². The molecule has 0 aromatic heterocycles. The van der Waals surface area contributed by atoms with Crippen molar-refractivity contribution >= 4 is 12.0 Å². The standard InChI is InChI=1S/C18H23NO3/c1-21-16-11-10-15(14-17(16)22-2)8-4-5-9-18(20)19-12-6-3-7-13-19/h4-5,8-11,14H,3,6-7,12-13H2,1-2H3/b8-4+,9-5+. The van der Waals surface area contributed by atoms with E-state index in [-0.39, 0.29) is 5.91 Å². The van der Waals surface area contributed by atoms with Gasteiger partial charge in [-0.1, -0.05) is 24.3 Å². The van der Waals surface area contributed by atoms with Crippen LogP contribution in [0.5, 0.6) is 11.5 Å². The van der Waals surface area contributed by atoms with Gasteiger partial charge >= 0.3 is 0 Å². The summed E-state index contributed by atoms with van der Waals surface area (Å²) in [4.78, 5) is 13.9. The summed E-state index contributed by atoms with van der Waals surface area (Å²) in [5.74, 6) is 1.49. The normalized spacial score (nSPS) is 15.5. The van der Waals surface area contributed by atoms with Gasteiger partial charge in [0.1, 0.15) is 0 Å². The third-order valence-electron chi connectivity index (χ3n) is 3.71. The van der Waals surface area contributed by atoms with Crippen LogP contribution in [0.3, 0.4) is 0 Å². The smallest absolute Gasteiger partial charge is 0.246 e. The number of likely N-dealkylation sites (tertiary alicyclic amines) is 1. The van der Waals surface area contributed by atoms with Crippen LogP contribution < -0.4 is 9.47 Å². The average Bonchev–Trinajstić information content (AvgIpc) is 2.59. The van der Waals surface area contributed by atoms with E-state index in [1.54, 1.807) is 26.4 Å². The summed E-state index contributed by atoms with van der Waals surface area (Å²) in [6.45, 7) is 1.76. The monoisotopic (exact) mass is 301 g/mol. The van der Waals surface area contributed by atoms with Gasteiger partial charge in [-0.05, 0) is 37.0 Å². The number of methoxy groups -OCH3 is 2. The Morgan fingerprint density at radius 2 is 1.77 bits per heavy atom. The molecule has 0 unspecified atom stereocenters. The summed E-state index contributed by atoms with van der Waals surface area (Å²) in [5.41, 5.74) is 0.993. The minimum atomic E-state index is 0.0941. The lowest BCUT2D eigenvalue weighted by Crippen LogP contribution is -2.34. The van der Waals surface area contributed by atoms with E-state index in [4.69, 9.17) is 9.47 Å². The molecule has 1 aromatic carbocycles. The third-order valence-corrected chi connectivity index (χ3v) is 3.71. The van der Waals surface area contributed by atoms with Crippen molar-refractivity contribution in [2.24, 2.45) is 0 Å². The highest BCUT2D eigenvalue weighted by atomic mass is 16.5. The highest BCUT2D eigenvalue weighted by molar-refractivity contribution is 5.88. The molecule has 1 aliphatic heterocycles. The zero-order chi connectivity index (χ0) is 15.8. The molecule has 118 valence electrons. The van der Waals surface area contributed by atoms with E-state index in [1.807, 2.05) is 35.3 Å². The summed E-state index contributed by atoms with van der Waals surface area (Å²) in [7, 11) is 3.23. The van der Waals surface area contributed by atoms with Gasteiger partial charge < -0.3 is 14.4 Å². The van der Waals surface area contributed by atoms with Gasteiger partial charge in [0.15, 0.2) is 11.5 Å². The first-order valence-corrected chi connectivity index (χ1v) is 7.60. The molecule has 1 saturated heterocycles. The number of hydrogen-bond acceptors (Lipinski definition) is 3. The fourth-order valence-electron chi connectivity index (χ4n) is 2.48. The molecule has 1 heterocycles. The van der Waals surface area contributed by atoms with Crippen LogP contribution in [0.15, 0.2) is 36.4 Å². The molecule has 2 rings (SSSR count). The van der Waals surface area contributed by atoms with Crippen LogP contribution in [0.25, 0.3) is 6.08 Å². The lowest BCUT2D eigenvalue weighted by molar-refractivity contribution is -0.126. The Kier molecular flexibility index (Phi) is 6.07. The van der Waals surface area contributed by atoms with Crippen molar-refractivity contribution in [1.82, 2.24) is 4.90 Å². The Morgan fingerprint density at radius 1 is 1.05 bits per heavy atom. The highest BCUT2D eigenvalue weighted by Gasteiger charge is 2.13. The Bertz CT molecular complexity index is 557. The summed E-state index contributed by atoms with van der Waals surface area (Å²) in [6, 6.07) is 5.70. The fourth-order valence-corrected chi connectivity index (χ4v) is 2.48. The first kappa shape index (κ1) is 16.1. The number of ether oxygens (including phenoxy) is 2. The average molecular weight is 301 g/mol. The van der Waals surface area contributed by atoms with E-state index in [9.17, 15) is 4.79 Å². The molecule has 4 nitrogen and oxygen atoms in total. The topological polar surface area (TPSA) is 38.8 Å². The number of hydrogen-bond donors (Lipinski definition) is 0. The van der Waals surface area contributed by atoms with E-state index in [0.717, 1.165) is 31.5 Å². The fraction of sp³-hybridized carbons (Fsp3) is 0.389. The van der Waals surface area contributed by atoms with Crippen molar-refractivity contribution in [2.45, 2.75) is 19.3 Å². The van der Waals surface area contributed by atoms with Gasteiger partial charge in [0, 0.05) is 19.2 Å². The number of benzene rings is 1. The molecule has 1 aromatic rings.